The van der Waals surface area contributed by atoms with E-state index in [1.807, 2.05) is 31.2 Å². The van der Waals surface area contributed by atoms with E-state index in [1.54, 1.807) is 0 Å². The Hall–Kier alpha value is -3.16. The van der Waals surface area contributed by atoms with Crippen molar-refractivity contribution in [2.24, 2.45) is 0 Å². The van der Waals surface area contributed by atoms with Gasteiger partial charge in [0.1, 0.15) is 0 Å². The van der Waals surface area contributed by atoms with Gasteiger partial charge in [-0.2, -0.15) is 10.1 Å². The first-order chi connectivity index (χ1) is 11.5. The molecule has 0 radical (unpaired) electrons. The number of anilines is 4. The molecule has 0 amide bonds. The molecule has 0 atom stereocenters. The molecule has 3 aromatic rings. The predicted octanol–water partition coefficient (Wildman–Crippen LogP) is 4.08. The van der Waals surface area contributed by atoms with Gasteiger partial charge in [-0.25, -0.2) is 13.2 Å². The summed E-state index contributed by atoms with van der Waals surface area (Å²) in [6.45, 7) is 1.92. The van der Waals surface area contributed by atoms with Crippen LogP contribution in [-0.2, 0) is 0 Å². The quantitative estimate of drug-likeness (QED) is 0.705. The molecule has 0 aliphatic heterocycles. The molecule has 8 heteroatoms. The van der Waals surface area contributed by atoms with Crippen molar-refractivity contribution in [3.63, 3.8) is 0 Å². The van der Waals surface area contributed by atoms with Gasteiger partial charge in [-0.05, 0) is 30.7 Å². The van der Waals surface area contributed by atoms with Gasteiger partial charge in [0.05, 0.1) is 11.9 Å². The van der Waals surface area contributed by atoms with Crippen molar-refractivity contribution < 1.29 is 13.2 Å². The molecule has 0 unspecified atom stereocenters. The lowest BCUT2D eigenvalue weighted by Crippen LogP contribution is -2.05. The van der Waals surface area contributed by atoms with Crippen molar-refractivity contribution in [3.8, 4) is 0 Å². The Morgan fingerprint density at radius 2 is 1.67 bits per heavy atom. The standard InChI is InChI=1S/C16H12F3N5/c1-9-4-2-3-5-11(9)21-13-8-20-24-16(23-13)22-12-7-6-10(17)14(18)15(12)19/h2-8H,1H3,(H2,21,22,23,24). The number of hydrogen-bond donors (Lipinski definition) is 2. The van der Waals surface area contributed by atoms with Gasteiger partial charge in [0.25, 0.3) is 0 Å². The monoisotopic (exact) mass is 331 g/mol. The Labute approximate surface area is 135 Å². The van der Waals surface area contributed by atoms with Crippen LogP contribution in [0.4, 0.5) is 36.3 Å². The summed E-state index contributed by atoms with van der Waals surface area (Å²) in [6, 6.07) is 9.41. The number of aryl methyl sites for hydroxylation is 1. The number of nitrogens with zero attached hydrogens (tertiary/aromatic N) is 3. The third-order valence-corrected chi connectivity index (χ3v) is 3.25. The number of rotatable bonds is 4. The van der Waals surface area contributed by atoms with E-state index < -0.39 is 17.5 Å². The van der Waals surface area contributed by atoms with Crippen molar-refractivity contribution in [2.45, 2.75) is 6.92 Å². The lowest BCUT2D eigenvalue weighted by atomic mass is 10.2. The van der Waals surface area contributed by atoms with Crippen LogP contribution in [0.2, 0.25) is 0 Å². The van der Waals surface area contributed by atoms with Gasteiger partial charge in [-0.15, -0.1) is 5.10 Å². The van der Waals surface area contributed by atoms with Crippen LogP contribution >= 0.6 is 0 Å². The van der Waals surface area contributed by atoms with E-state index in [4.69, 9.17) is 0 Å². The molecule has 1 aromatic heterocycles. The molecule has 5 nitrogen and oxygen atoms in total. The fraction of sp³-hybridized carbons (Fsp3) is 0.0625. The van der Waals surface area contributed by atoms with Gasteiger partial charge in [0.15, 0.2) is 23.3 Å². The van der Waals surface area contributed by atoms with Crippen molar-refractivity contribution in [3.05, 3.63) is 65.6 Å². The zero-order valence-electron chi connectivity index (χ0n) is 12.5. The van der Waals surface area contributed by atoms with Gasteiger partial charge < -0.3 is 10.6 Å². The molecule has 2 aromatic carbocycles. The third-order valence-electron chi connectivity index (χ3n) is 3.25. The van der Waals surface area contributed by atoms with Gasteiger partial charge in [0, 0.05) is 5.69 Å². The summed E-state index contributed by atoms with van der Waals surface area (Å²) in [5, 5.41) is 13.0. The Morgan fingerprint density at radius 3 is 2.46 bits per heavy atom. The topological polar surface area (TPSA) is 62.7 Å². The van der Waals surface area contributed by atoms with Gasteiger partial charge >= 0.3 is 0 Å². The summed E-state index contributed by atoms with van der Waals surface area (Å²) in [5.41, 5.74) is 1.53. The molecule has 24 heavy (non-hydrogen) atoms. The molecule has 3 rings (SSSR count). The molecular weight excluding hydrogens is 319 g/mol. The molecule has 0 saturated carbocycles. The average molecular weight is 331 g/mol. The van der Waals surface area contributed by atoms with Crippen LogP contribution in [0.25, 0.3) is 0 Å². The Balaban J connectivity index is 1.84. The fourth-order valence-electron chi connectivity index (χ4n) is 2.01. The first kappa shape index (κ1) is 15.7. The number of aromatic nitrogens is 3. The molecule has 0 aliphatic rings. The Bertz CT molecular complexity index is 885. The van der Waals surface area contributed by atoms with Crippen LogP contribution in [0.15, 0.2) is 42.6 Å². The number of halogens is 3. The van der Waals surface area contributed by atoms with Gasteiger partial charge in [0.2, 0.25) is 5.95 Å². The molecule has 0 fully saturated rings. The van der Waals surface area contributed by atoms with Crippen molar-refractivity contribution >= 4 is 23.1 Å². The summed E-state index contributed by atoms with van der Waals surface area (Å²) in [7, 11) is 0. The highest BCUT2D eigenvalue weighted by Crippen LogP contribution is 2.23. The first-order valence-electron chi connectivity index (χ1n) is 6.97. The highest BCUT2D eigenvalue weighted by atomic mass is 19.2. The Kier molecular flexibility index (Phi) is 4.28. The largest absolute Gasteiger partial charge is 0.339 e. The van der Waals surface area contributed by atoms with E-state index >= 15 is 0 Å². The summed E-state index contributed by atoms with van der Waals surface area (Å²) in [5.74, 6) is -3.88. The van der Waals surface area contributed by atoms with E-state index in [9.17, 15) is 13.2 Å². The van der Waals surface area contributed by atoms with Crippen molar-refractivity contribution in [1.29, 1.82) is 0 Å². The van der Waals surface area contributed by atoms with Gasteiger partial charge in [-0.1, -0.05) is 18.2 Å². The smallest absolute Gasteiger partial charge is 0.249 e. The fourth-order valence-corrected chi connectivity index (χ4v) is 2.01. The van der Waals surface area contributed by atoms with E-state index in [-0.39, 0.29) is 11.6 Å². The molecule has 0 spiro atoms. The predicted molar refractivity (Wildman–Crippen MR) is 83.9 cm³/mol. The first-order valence-corrected chi connectivity index (χ1v) is 6.97. The number of hydrogen-bond acceptors (Lipinski definition) is 5. The highest BCUT2D eigenvalue weighted by Gasteiger charge is 2.14. The lowest BCUT2D eigenvalue weighted by molar-refractivity contribution is 0.449. The average Bonchev–Trinajstić information content (AvgIpc) is 2.58. The summed E-state index contributed by atoms with van der Waals surface area (Å²) in [6.07, 6.45) is 1.39. The van der Waals surface area contributed by atoms with E-state index in [2.05, 4.69) is 25.8 Å². The number of benzene rings is 2. The van der Waals surface area contributed by atoms with E-state index in [0.717, 1.165) is 23.4 Å². The zero-order valence-corrected chi connectivity index (χ0v) is 12.5. The highest BCUT2D eigenvalue weighted by molar-refractivity contribution is 5.61. The summed E-state index contributed by atoms with van der Waals surface area (Å²) in [4.78, 5) is 4.12. The number of para-hydroxylation sites is 1. The van der Waals surface area contributed by atoms with E-state index in [1.165, 1.54) is 6.20 Å². The zero-order chi connectivity index (χ0) is 17.1. The van der Waals surface area contributed by atoms with Crippen LogP contribution in [0, 0.1) is 24.4 Å². The lowest BCUT2D eigenvalue weighted by Gasteiger charge is -2.10. The van der Waals surface area contributed by atoms with Gasteiger partial charge in [-0.3, -0.25) is 0 Å². The molecule has 2 N–H and O–H groups in total. The molecule has 0 saturated heterocycles. The maximum Gasteiger partial charge on any atom is 0.249 e. The normalized spacial score (nSPS) is 10.5. The molecule has 122 valence electrons. The second-order valence-electron chi connectivity index (χ2n) is 4.95. The second-order valence-corrected chi connectivity index (χ2v) is 4.95. The maximum absolute atomic E-state index is 13.7. The van der Waals surface area contributed by atoms with Crippen LogP contribution in [0.5, 0.6) is 0 Å². The van der Waals surface area contributed by atoms with Crippen molar-refractivity contribution in [2.75, 3.05) is 10.6 Å². The van der Waals surface area contributed by atoms with E-state index in [0.29, 0.717) is 5.82 Å². The minimum atomic E-state index is -1.57. The van der Waals surface area contributed by atoms with Crippen molar-refractivity contribution in [1.82, 2.24) is 15.2 Å². The summed E-state index contributed by atoms with van der Waals surface area (Å²) < 4.78 is 39.9. The van der Waals surface area contributed by atoms with Crippen LogP contribution < -0.4 is 10.6 Å². The minimum Gasteiger partial charge on any atom is -0.339 e. The third kappa shape index (κ3) is 3.27. The van der Waals surface area contributed by atoms with Crippen LogP contribution in [0.1, 0.15) is 5.56 Å². The molecule has 1 heterocycles. The minimum absolute atomic E-state index is 0.0570. The summed E-state index contributed by atoms with van der Waals surface area (Å²) >= 11 is 0. The molecular formula is C16H12F3N5. The molecule has 0 aliphatic carbocycles. The maximum atomic E-state index is 13.7. The SMILES string of the molecule is Cc1ccccc1Nc1cnnc(Nc2ccc(F)c(F)c2F)n1. The molecule has 0 bridgehead atoms. The van der Waals surface area contributed by atoms with Crippen LogP contribution in [0.3, 0.4) is 0 Å². The number of nitrogens with one attached hydrogen (secondary N) is 2. The second kappa shape index (κ2) is 6.53. The van der Waals surface area contributed by atoms with Crippen LogP contribution in [-0.4, -0.2) is 15.2 Å². The Morgan fingerprint density at radius 1 is 0.875 bits per heavy atom.